The largest absolute Gasteiger partial charge is 0.493 e. The first-order chi connectivity index (χ1) is 10.8. The SMILES string of the molecule is COc1ccc([C@H](C[NH3+])c2c[nH]c3ccccc23)cc1OC. The van der Waals surface area contributed by atoms with Crippen molar-refractivity contribution in [2.75, 3.05) is 20.8 Å². The lowest BCUT2D eigenvalue weighted by atomic mass is 9.91. The minimum Gasteiger partial charge on any atom is -0.493 e. The molecule has 0 unspecified atom stereocenters. The van der Waals surface area contributed by atoms with Crippen LogP contribution in [0.3, 0.4) is 0 Å². The van der Waals surface area contributed by atoms with Gasteiger partial charge in [0.1, 0.15) is 0 Å². The molecular weight excluding hydrogens is 276 g/mol. The lowest BCUT2D eigenvalue weighted by Crippen LogP contribution is -2.53. The highest BCUT2D eigenvalue weighted by Crippen LogP contribution is 2.35. The maximum atomic E-state index is 5.42. The zero-order valence-corrected chi connectivity index (χ0v) is 12.9. The van der Waals surface area contributed by atoms with Crippen LogP contribution in [-0.4, -0.2) is 25.7 Å². The summed E-state index contributed by atoms with van der Waals surface area (Å²) in [5.74, 6) is 1.71. The van der Waals surface area contributed by atoms with Gasteiger partial charge >= 0.3 is 0 Å². The Morgan fingerprint density at radius 2 is 1.82 bits per heavy atom. The normalized spacial score (nSPS) is 12.3. The van der Waals surface area contributed by atoms with Gasteiger partial charge in [-0.15, -0.1) is 0 Å². The summed E-state index contributed by atoms with van der Waals surface area (Å²) in [6.07, 6.45) is 2.08. The van der Waals surface area contributed by atoms with Gasteiger partial charge in [0, 0.05) is 17.1 Å². The average molecular weight is 297 g/mol. The van der Waals surface area contributed by atoms with Crippen LogP contribution < -0.4 is 15.2 Å². The highest BCUT2D eigenvalue weighted by molar-refractivity contribution is 5.84. The first-order valence-electron chi connectivity index (χ1n) is 7.35. The number of rotatable bonds is 5. The van der Waals surface area contributed by atoms with E-state index in [-0.39, 0.29) is 5.92 Å². The average Bonchev–Trinajstić information content (AvgIpc) is 2.99. The van der Waals surface area contributed by atoms with Crippen LogP contribution in [-0.2, 0) is 0 Å². The van der Waals surface area contributed by atoms with Crippen LogP contribution >= 0.6 is 0 Å². The molecule has 3 rings (SSSR count). The smallest absolute Gasteiger partial charge is 0.161 e. The quantitative estimate of drug-likeness (QED) is 0.760. The van der Waals surface area contributed by atoms with Gasteiger partial charge in [-0.1, -0.05) is 24.3 Å². The summed E-state index contributed by atoms with van der Waals surface area (Å²) in [6.45, 7) is 0.775. The molecule has 0 amide bonds. The first-order valence-corrected chi connectivity index (χ1v) is 7.35. The molecule has 114 valence electrons. The van der Waals surface area contributed by atoms with Crippen LogP contribution in [0.2, 0.25) is 0 Å². The van der Waals surface area contributed by atoms with Crippen molar-refractivity contribution < 1.29 is 15.2 Å². The number of nitrogens with one attached hydrogen (secondary N) is 1. The zero-order chi connectivity index (χ0) is 15.5. The second kappa shape index (κ2) is 6.12. The van der Waals surface area contributed by atoms with Crippen molar-refractivity contribution >= 4 is 10.9 Å². The summed E-state index contributed by atoms with van der Waals surface area (Å²) in [6, 6.07) is 14.4. The number of para-hydroxylation sites is 1. The molecule has 3 aromatic rings. The Morgan fingerprint density at radius 1 is 1.05 bits per heavy atom. The fraction of sp³-hybridized carbons (Fsp3) is 0.222. The molecule has 0 aliphatic carbocycles. The predicted molar refractivity (Wildman–Crippen MR) is 87.4 cm³/mol. The molecule has 4 N–H and O–H groups in total. The van der Waals surface area contributed by atoms with Crippen molar-refractivity contribution in [1.82, 2.24) is 4.98 Å². The van der Waals surface area contributed by atoms with E-state index in [0.717, 1.165) is 23.6 Å². The van der Waals surface area contributed by atoms with Crippen LogP contribution in [0.15, 0.2) is 48.7 Å². The number of quaternary nitrogens is 1. The second-order valence-corrected chi connectivity index (χ2v) is 5.25. The Balaban J connectivity index is 2.08. The number of aromatic amines is 1. The monoisotopic (exact) mass is 297 g/mol. The van der Waals surface area contributed by atoms with Gasteiger partial charge in [-0.2, -0.15) is 0 Å². The number of H-pyrrole nitrogens is 1. The van der Waals surface area contributed by atoms with E-state index >= 15 is 0 Å². The summed E-state index contributed by atoms with van der Waals surface area (Å²) in [5, 5.41) is 1.24. The third kappa shape index (κ3) is 2.42. The Morgan fingerprint density at radius 3 is 2.55 bits per heavy atom. The minimum absolute atomic E-state index is 0.218. The van der Waals surface area contributed by atoms with E-state index < -0.39 is 0 Å². The number of benzene rings is 2. The van der Waals surface area contributed by atoms with Crippen LogP contribution in [0.1, 0.15) is 17.0 Å². The van der Waals surface area contributed by atoms with Crippen LogP contribution in [0.5, 0.6) is 11.5 Å². The molecule has 1 aromatic heterocycles. The third-order valence-electron chi connectivity index (χ3n) is 4.10. The third-order valence-corrected chi connectivity index (χ3v) is 4.10. The van der Waals surface area contributed by atoms with Gasteiger partial charge in [-0.3, -0.25) is 0 Å². The van der Waals surface area contributed by atoms with E-state index in [4.69, 9.17) is 9.47 Å². The number of methoxy groups -OCH3 is 2. The molecule has 1 atom stereocenters. The van der Waals surface area contributed by atoms with Gasteiger partial charge in [0.2, 0.25) is 0 Å². The molecule has 4 nitrogen and oxygen atoms in total. The van der Waals surface area contributed by atoms with E-state index in [1.165, 1.54) is 16.5 Å². The minimum atomic E-state index is 0.218. The molecule has 0 spiro atoms. The number of fused-ring (bicyclic) bond motifs is 1. The molecule has 0 aliphatic rings. The van der Waals surface area contributed by atoms with Crippen molar-refractivity contribution in [3.8, 4) is 11.5 Å². The summed E-state index contributed by atoms with van der Waals surface area (Å²) >= 11 is 0. The Labute approximate surface area is 129 Å². The summed E-state index contributed by atoms with van der Waals surface area (Å²) in [7, 11) is 3.31. The topological polar surface area (TPSA) is 61.9 Å². The number of hydrogen-bond acceptors (Lipinski definition) is 2. The highest BCUT2D eigenvalue weighted by Gasteiger charge is 2.20. The van der Waals surface area contributed by atoms with E-state index in [2.05, 4.69) is 41.2 Å². The summed E-state index contributed by atoms with van der Waals surface area (Å²) in [5.41, 5.74) is 7.73. The second-order valence-electron chi connectivity index (χ2n) is 5.25. The van der Waals surface area contributed by atoms with Crippen molar-refractivity contribution in [3.63, 3.8) is 0 Å². The van der Waals surface area contributed by atoms with Gasteiger partial charge in [0.05, 0.1) is 26.7 Å². The molecular formula is C18H21N2O2+. The standard InChI is InChI=1S/C18H20N2O2/c1-21-17-8-7-12(9-18(17)22-2)14(10-19)15-11-20-16-6-4-3-5-13(15)16/h3-9,11,14,20H,10,19H2,1-2H3/p+1/t14-/m0/s1. The Hall–Kier alpha value is -2.46. The predicted octanol–water partition coefficient (Wildman–Crippen LogP) is 2.56. The maximum Gasteiger partial charge on any atom is 0.161 e. The van der Waals surface area contributed by atoms with Crippen LogP contribution in [0.4, 0.5) is 0 Å². The first kappa shape index (κ1) is 14.5. The van der Waals surface area contributed by atoms with Crippen molar-refractivity contribution in [3.05, 3.63) is 59.8 Å². The number of hydrogen-bond donors (Lipinski definition) is 2. The molecule has 0 fully saturated rings. The lowest BCUT2D eigenvalue weighted by Gasteiger charge is -2.15. The van der Waals surface area contributed by atoms with Crippen molar-refractivity contribution in [2.45, 2.75) is 5.92 Å². The Kier molecular flexibility index (Phi) is 4.02. The van der Waals surface area contributed by atoms with E-state index in [1.54, 1.807) is 14.2 Å². The van der Waals surface area contributed by atoms with Gasteiger partial charge in [-0.25, -0.2) is 0 Å². The Bertz CT molecular complexity index is 780. The van der Waals surface area contributed by atoms with Gasteiger partial charge in [0.25, 0.3) is 0 Å². The molecule has 0 bridgehead atoms. The van der Waals surface area contributed by atoms with Gasteiger partial charge < -0.3 is 20.2 Å². The molecule has 0 saturated heterocycles. The molecule has 0 saturated carbocycles. The van der Waals surface area contributed by atoms with E-state index in [0.29, 0.717) is 0 Å². The highest BCUT2D eigenvalue weighted by atomic mass is 16.5. The van der Waals surface area contributed by atoms with Crippen LogP contribution in [0.25, 0.3) is 10.9 Å². The van der Waals surface area contributed by atoms with Crippen molar-refractivity contribution in [2.24, 2.45) is 0 Å². The van der Waals surface area contributed by atoms with Gasteiger partial charge in [-0.05, 0) is 29.3 Å². The summed E-state index contributed by atoms with van der Waals surface area (Å²) < 4.78 is 10.7. The van der Waals surface area contributed by atoms with E-state index in [1.807, 2.05) is 18.2 Å². The van der Waals surface area contributed by atoms with Crippen molar-refractivity contribution in [1.29, 1.82) is 0 Å². The van der Waals surface area contributed by atoms with Gasteiger partial charge in [0.15, 0.2) is 11.5 Å². The molecule has 2 aromatic carbocycles. The maximum absolute atomic E-state index is 5.42. The molecule has 22 heavy (non-hydrogen) atoms. The van der Waals surface area contributed by atoms with Crippen LogP contribution in [0, 0.1) is 0 Å². The molecule has 1 heterocycles. The molecule has 0 radical (unpaired) electrons. The fourth-order valence-electron chi connectivity index (χ4n) is 2.95. The molecule has 4 heteroatoms. The fourth-order valence-corrected chi connectivity index (χ4v) is 2.95. The number of ether oxygens (including phenoxy) is 2. The summed E-state index contributed by atoms with van der Waals surface area (Å²) in [4.78, 5) is 3.34. The molecule has 0 aliphatic heterocycles. The zero-order valence-electron chi connectivity index (χ0n) is 12.9. The van der Waals surface area contributed by atoms with E-state index in [9.17, 15) is 0 Å². The number of aromatic nitrogens is 1. The lowest BCUT2D eigenvalue weighted by molar-refractivity contribution is -0.370.